The van der Waals surface area contributed by atoms with Crippen LogP contribution in [0.4, 0.5) is 0 Å². The Morgan fingerprint density at radius 1 is 0.903 bits per heavy atom. The number of hydrogen-bond donors (Lipinski definition) is 1. The minimum Gasteiger partial charge on any atom is -0.390 e. The van der Waals surface area contributed by atoms with E-state index in [0.717, 1.165) is 48.2 Å². The van der Waals surface area contributed by atoms with Gasteiger partial charge in [0.05, 0.1) is 6.10 Å². The lowest BCUT2D eigenvalue weighted by molar-refractivity contribution is 0.0493. The highest BCUT2D eigenvalue weighted by molar-refractivity contribution is 5.97. The van der Waals surface area contributed by atoms with Gasteiger partial charge in [0.2, 0.25) is 0 Å². The summed E-state index contributed by atoms with van der Waals surface area (Å²) in [5.74, 6) is 0.0158. The highest BCUT2D eigenvalue weighted by atomic mass is 16.3. The smallest absolute Gasteiger partial charge is 0.254 e. The molecule has 2 aliphatic rings. The third kappa shape index (κ3) is 4.24. The molecule has 1 amide bonds. The molecule has 31 heavy (non-hydrogen) atoms. The standard InChI is InChI=1S/C26H27N3O2/c30-24(17-28-12-9-19-4-1-2-5-23(19)16-28)18-29-13-10-21-14-20(7-8-25(21)26(29)31)22-6-3-11-27-15-22/h1-8,11,14-15,24,30H,9-10,12-13,16-18H2. The molecule has 2 aliphatic heterocycles. The Labute approximate surface area is 183 Å². The largest absolute Gasteiger partial charge is 0.390 e. The molecule has 1 unspecified atom stereocenters. The van der Waals surface area contributed by atoms with Crippen LogP contribution in [0.3, 0.4) is 0 Å². The number of carbonyl (C=O) groups excluding carboxylic acids is 1. The van der Waals surface area contributed by atoms with Crippen molar-refractivity contribution in [2.45, 2.75) is 25.5 Å². The Bertz CT molecular complexity index is 1080. The zero-order valence-electron chi connectivity index (χ0n) is 17.6. The second-order valence-corrected chi connectivity index (χ2v) is 8.52. The average Bonchev–Trinajstić information content (AvgIpc) is 2.81. The van der Waals surface area contributed by atoms with E-state index in [4.69, 9.17) is 0 Å². The van der Waals surface area contributed by atoms with Gasteiger partial charge in [-0.2, -0.15) is 0 Å². The van der Waals surface area contributed by atoms with Crippen molar-refractivity contribution >= 4 is 5.91 Å². The lowest BCUT2D eigenvalue weighted by Gasteiger charge is -2.34. The van der Waals surface area contributed by atoms with E-state index in [2.05, 4.69) is 40.2 Å². The van der Waals surface area contributed by atoms with Gasteiger partial charge in [-0.25, -0.2) is 0 Å². The molecule has 3 heterocycles. The molecule has 3 aromatic rings. The molecule has 1 aromatic heterocycles. The summed E-state index contributed by atoms with van der Waals surface area (Å²) in [4.78, 5) is 21.3. The van der Waals surface area contributed by atoms with Gasteiger partial charge in [0, 0.05) is 50.7 Å². The number of nitrogens with zero attached hydrogens (tertiary/aromatic N) is 3. The fraction of sp³-hybridized carbons (Fsp3) is 0.308. The van der Waals surface area contributed by atoms with Crippen molar-refractivity contribution in [1.82, 2.24) is 14.8 Å². The molecule has 0 saturated heterocycles. The number of benzene rings is 2. The summed E-state index contributed by atoms with van der Waals surface area (Å²) >= 11 is 0. The van der Waals surface area contributed by atoms with Crippen molar-refractivity contribution in [3.8, 4) is 11.1 Å². The number of β-amino-alcohol motifs (C(OH)–C–C–N with tert-alkyl or cyclic N) is 1. The predicted octanol–water partition coefficient (Wildman–Crippen LogP) is 3.17. The number of hydrogen-bond acceptors (Lipinski definition) is 4. The predicted molar refractivity (Wildman–Crippen MR) is 121 cm³/mol. The number of rotatable bonds is 5. The summed E-state index contributed by atoms with van der Waals surface area (Å²) in [7, 11) is 0. The highest BCUT2D eigenvalue weighted by Gasteiger charge is 2.27. The quantitative estimate of drug-likeness (QED) is 0.698. The van der Waals surface area contributed by atoms with Gasteiger partial charge in [0.25, 0.3) is 5.91 Å². The van der Waals surface area contributed by atoms with Gasteiger partial charge < -0.3 is 10.0 Å². The zero-order valence-corrected chi connectivity index (χ0v) is 17.6. The molecule has 158 valence electrons. The molecule has 5 heteroatoms. The zero-order chi connectivity index (χ0) is 21.2. The van der Waals surface area contributed by atoms with Crippen LogP contribution in [-0.4, -0.2) is 58.1 Å². The molecular formula is C26H27N3O2. The van der Waals surface area contributed by atoms with Gasteiger partial charge in [-0.15, -0.1) is 0 Å². The van der Waals surface area contributed by atoms with Crippen LogP contribution in [0, 0.1) is 0 Å². The number of fused-ring (bicyclic) bond motifs is 2. The lowest BCUT2D eigenvalue weighted by atomic mass is 9.94. The Morgan fingerprint density at radius 3 is 2.58 bits per heavy atom. The number of pyridine rings is 1. The SMILES string of the molecule is O=C1c2ccc(-c3cccnc3)cc2CCN1CC(O)CN1CCc2ccccc2C1. The Kier molecular flexibility index (Phi) is 5.53. The molecule has 1 atom stereocenters. The van der Waals surface area contributed by atoms with E-state index >= 15 is 0 Å². The number of carbonyl (C=O) groups is 1. The molecule has 0 fully saturated rings. The van der Waals surface area contributed by atoms with E-state index in [-0.39, 0.29) is 5.91 Å². The first-order valence-electron chi connectivity index (χ1n) is 11.0. The Morgan fingerprint density at radius 2 is 1.74 bits per heavy atom. The minimum absolute atomic E-state index is 0.0158. The molecule has 0 saturated carbocycles. The maximum Gasteiger partial charge on any atom is 0.254 e. The van der Waals surface area contributed by atoms with Gasteiger partial charge >= 0.3 is 0 Å². The van der Waals surface area contributed by atoms with Crippen molar-refractivity contribution in [2.24, 2.45) is 0 Å². The second kappa shape index (κ2) is 8.61. The van der Waals surface area contributed by atoms with Crippen LogP contribution in [0.25, 0.3) is 11.1 Å². The lowest BCUT2D eigenvalue weighted by Crippen LogP contribution is -2.46. The van der Waals surface area contributed by atoms with Crippen LogP contribution >= 0.6 is 0 Å². The van der Waals surface area contributed by atoms with E-state index in [1.54, 1.807) is 11.1 Å². The van der Waals surface area contributed by atoms with Gasteiger partial charge in [0.1, 0.15) is 0 Å². The van der Waals surface area contributed by atoms with Crippen molar-refractivity contribution in [3.05, 3.63) is 89.2 Å². The third-order valence-corrected chi connectivity index (χ3v) is 6.38. The molecule has 5 rings (SSSR count). The van der Waals surface area contributed by atoms with Crippen molar-refractivity contribution in [3.63, 3.8) is 0 Å². The fourth-order valence-corrected chi connectivity index (χ4v) is 4.74. The number of aliphatic hydroxyl groups is 1. The van der Waals surface area contributed by atoms with Gasteiger partial charge in [-0.1, -0.05) is 42.5 Å². The fourth-order valence-electron chi connectivity index (χ4n) is 4.74. The van der Waals surface area contributed by atoms with E-state index < -0.39 is 6.10 Å². The number of aliphatic hydroxyl groups excluding tert-OH is 1. The van der Waals surface area contributed by atoms with E-state index in [0.29, 0.717) is 19.6 Å². The molecule has 0 spiro atoms. The monoisotopic (exact) mass is 413 g/mol. The molecule has 1 N–H and O–H groups in total. The van der Waals surface area contributed by atoms with E-state index in [1.165, 1.54) is 11.1 Å². The van der Waals surface area contributed by atoms with Gasteiger partial charge in [-0.05, 0) is 52.8 Å². The molecule has 5 nitrogen and oxygen atoms in total. The summed E-state index contributed by atoms with van der Waals surface area (Å²) in [6, 6.07) is 18.5. The summed E-state index contributed by atoms with van der Waals surface area (Å²) in [6.45, 7) is 3.41. The van der Waals surface area contributed by atoms with Crippen molar-refractivity contribution < 1.29 is 9.90 Å². The second-order valence-electron chi connectivity index (χ2n) is 8.52. The van der Waals surface area contributed by atoms with Crippen LogP contribution in [0.15, 0.2) is 67.0 Å². The summed E-state index contributed by atoms with van der Waals surface area (Å²) < 4.78 is 0. The van der Waals surface area contributed by atoms with Crippen LogP contribution in [0.1, 0.15) is 27.0 Å². The summed E-state index contributed by atoms with van der Waals surface area (Å²) in [5, 5.41) is 10.7. The van der Waals surface area contributed by atoms with Gasteiger partial charge in [0.15, 0.2) is 0 Å². The molecular weight excluding hydrogens is 386 g/mol. The number of amides is 1. The first-order chi connectivity index (χ1) is 15.2. The first-order valence-corrected chi connectivity index (χ1v) is 11.0. The third-order valence-electron chi connectivity index (χ3n) is 6.38. The maximum atomic E-state index is 13.0. The molecule has 2 aromatic carbocycles. The van der Waals surface area contributed by atoms with E-state index in [1.807, 2.05) is 30.5 Å². The first kappa shape index (κ1) is 19.9. The molecule has 0 radical (unpaired) electrons. The van der Waals surface area contributed by atoms with Crippen molar-refractivity contribution in [1.29, 1.82) is 0 Å². The molecule has 0 aliphatic carbocycles. The molecule has 0 bridgehead atoms. The summed E-state index contributed by atoms with van der Waals surface area (Å²) in [5.41, 5.74) is 6.70. The van der Waals surface area contributed by atoms with Gasteiger partial charge in [-0.3, -0.25) is 14.7 Å². The van der Waals surface area contributed by atoms with Crippen molar-refractivity contribution in [2.75, 3.05) is 26.2 Å². The topological polar surface area (TPSA) is 56.7 Å². The summed E-state index contributed by atoms with van der Waals surface area (Å²) in [6.07, 6.45) is 4.87. The minimum atomic E-state index is -0.551. The van der Waals surface area contributed by atoms with Crippen LogP contribution in [-0.2, 0) is 19.4 Å². The normalized spacial score (nSPS) is 17.2. The Balaban J connectivity index is 1.22. The van der Waals surface area contributed by atoms with Crippen LogP contribution in [0.5, 0.6) is 0 Å². The average molecular weight is 414 g/mol. The van der Waals surface area contributed by atoms with Crippen LogP contribution < -0.4 is 0 Å². The van der Waals surface area contributed by atoms with E-state index in [9.17, 15) is 9.90 Å². The van der Waals surface area contributed by atoms with Crippen LogP contribution in [0.2, 0.25) is 0 Å². The highest BCUT2D eigenvalue weighted by Crippen LogP contribution is 2.26. The number of aromatic nitrogens is 1. The maximum absolute atomic E-state index is 13.0. The Hall–Kier alpha value is -3.02.